The average Bonchev–Trinajstić information content (AvgIpc) is 3.23. The molecule has 0 atom stereocenters. The monoisotopic (exact) mass is 378 g/mol. The van der Waals surface area contributed by atoms with Crippen LogP contribution >= 0.6 is 0 Å². The Bertz CT molecular complexity index is 1010. The number of rotatable bonds is 5. The van der Waals surface area contributed by atoms with E-state index in [9.17, 15) is 9.18 Å². The smallest absolute Gasteiger partial charge is 0.337 e. The van der Waals surface area contributed by atoms with E-state index < -0.39 is 0 Å². The number of ether oxygens (including phenoxy) is 3. The van der Waals surface area contributed by atoms with Gasteiger partial charge in [0.25, 0.3) is 0 Å². The van der Waals surface area contributed by atoms with Gasteiger partial charge in [-0.05, 0) is 47.5 Å². The molecule has 0 spiro atoms. The van der Waals surface area contributed by atoms with Crippen molar-refractivity contribution in [2.24, 2.45) is 0 Å². The van der Waals surface area contributed by atoms with Gasteiger partial charge >= 0.3 is 5.97 Å². The van der Waals surface area contributed by atoms with Gasteiger partial charge in [0, 0.05) is 17.5 Å². The molecule has 4 nitrogen and oxygen atoms in total. The van der Waals surface area contributed by atoms with Crippen LogP contribution in [0.2, 0.25) is 0 Å². The molecule has 0 aliphatic carbocycles. The van der Waals surface area contributed by atoms with Crippen molar-refractivity contribution < 1.29 is 23.4 Å². The number of carbonyl (C=O) groups is 1. The Hall–Kier alpha value is -3.34. The molecule has 3 aromatic carbocycles. The summed E-state index contributed by atoms with van der Waals surface area (Å²) in [7, 11) is 1.36. The van der Waals surface area contributed by atoms with Crippen molar-refractivity contribution in [1.82, 2.24) is 0 Å². The fraction of sp³-hybridized carbons (Fsp3) is 0.174. The highest BCUT2D eigenvalue weighted by atomic mass is 19.1. The van der Waals surface area contributed by atoms with Crippen LogP contribution in [0.25, 0.3) is 11.1 Å². The van der Waals surface area contributed by atoms with E-state index >= 15 is 0 Å². The Morgan fingerprint density at radius 3 is 2.71 bits per heavy atom. The number of fused-ring (bicyclic) bond motifs is 1. The lowest BCUT2D eigenvalue weighted by Gasteiger charge is -2.11. The Labute approximate surface area is 162 Å². The summed E-state index contributed by atoms with van der Waals surface area (Å²) in [5.41, 5.74) is 3.83. The summed E-state index contributed by atoms with van der Waals surface area (Å²) in [6.07, 6.45) is 0.598. The molecule has 28 heavy (non-hydrogen) atoms. The zero-order valence-electron chi connectivity index (χ0n) is 15.4. The molecule has 0 saturated heterocycles. The molecule has 3 aromatic rings. The second-order valence-corrected chi connectivity index (χ2v) is 6.51. The van der Waals surface area contributed by atoms with Gasteiger partial charge in [0.1, 0.15) is 23.9 Å². The van der Waals surface area contributed by atoms with Crippen LogP contribution in [-0.4, -0.2) is 19.7 Å². The number of methoxy groups -OCH3 is 1. The Kier molecular flexibility index (Phi) is 4.98. The van der Waals surface area contributed by atoms with Crippen molar-refractivity contribution in [1.29, 1.82) is 0 Å². The predicted molar refractivity (Wildman–Crippen MR) is 103 cm³/mol. The van der Waals surface area contributed by atoms with Gasteiger partial charge in [-0.2, -0.15) is 0 Å². The van der Waals surface area contributed by atoms with E-state index in [0.717, 1.165) is 16.7 Å². The normalized spacial score (nSPS) is 12.2. The summed E-state index contributed by atoms with van der Waals surface area (Å²) in [5.74, 6) is 0.742. The third kappa shape index (κ3) is 3.56. The van der Waals surface area contributed by atoms with Gasteiger partial charge in [-0.25, -0.2) is 9.18 Å². The number of hydrogen-bond acceptors (Lipinski definition) is 4. The topological polar surface area (TPSA) is 44.8 Å². The maximum atomic E-state index is 13.9. The largest absolute Gasteiger partial charge is 0.492 e. The van der Waals surface area contributed by atoms with Gasteiger partial charge in [0.2, 0.25) is 0 Å². The highest BCUT2D eigenvalue weighted by molar-refractivity contribution is 5.89. The van der Waals surface area contributed by atoms with Gasteiger partial charge < -0.3 is 14.2 Å². The molecule has 0 aromatic heterocycles. The summed E-state index contributed by atoms with van der Waals surface area (Å²) >= 11 is 0. The highest BCUT2D eigenvalue weighted by Gasteiger charge is 2.21. The number of esters is 1. The molecule has 1 aliphatic heterocycles. The minimum atomic E-state index is -0.375. The van der Waals surface area contributed by atoms with Gasteiger partial charge in [-0.1, -0.05) is 24.3 Å². The molecule has 0 radical (unpaired) electrons. The van der Waals surface area contributed by atoms with Crippen molar-refractivity contribution >= 4 is 5.97 Å². The third-order valence-electron chi connectivity index (χ3n) is 4.72. The average molecular weight is 378 g/mol. The first-order valence-electron chi connectivity index (χ1n) is 9.00. The fourth-order valence-electron chi connectivity index (χ4n) is 3.29. The molecular formula is C23H19FO4. The second kappa shape index (κ2) is 7.72. The Balaban J connectivity index is 1.48. The van der Waals surface area contributed by atoms with E-state index in [1.165, 1.54) is 13.2 Å². The maximum absolute atomic E-state index is 13.9. The maximum Gasteiger partial charge on any atom is 0.337 e. The molecule has 0 saturated carbocycles. The van der Waals surface area contributed by atoms with Crippen molar-refractivity contribution in [2.75, 3.05) is 13.7 Å². The minimum Gasteiger partial charge on any atom is -0.492 e. The van der Waals surface area contributed by atoms with Crippen molar-refractivity contribution in [3.8, 4) is 22.6 Å². The van der Waals surface area contributed by atoms with Crippen molar-refractivity contribution in [3.63, 3.8) is 0 Å². The molecule has 5 heteroatoms. The van der Waals surface area contributed by atoms with Crippen LogP contribution in [0.1, 0.15) is 21.5 Å². The van der Waals surface area contributed by atoms with Crippen LogP contribution in [0.3, 0.4) is 0 Å². The second-order valence-electron chi connectivity index (χ2n) is 6.51. The summed E-state index contributed by atoms with van der Waals surface area (Å²) in [6, 6.07) is 17.9. The number of halogens is 1. The summed E-state index contributed by atoms with van der Waals surface area (Å²) in [6.45, 7) is 0.842. The lowest BCUT2D eigenvalue weighted by molar-refractivity contribution is 0.0600. The van der Waals surface area contributed by atoms with Crippen LogP contribution < -0.4 is 9.47 Å². The summed E-state index contributed by atoms with van der Waals surface area (Å²) < 4.78 is 30.1. The van der Waals surface area contributed by atoms with Crippen molar-refractivity contribution in [3.05, 3.63) is 83.2 Å². The highest BCUT2D eigenvalue weighted by Crippen LogP contribution is 2.38. The lowest BCUT2D eigenvalue weighted by atomic mass is 10.0. The molecular weight excluding hydrogens is 359 g/mol. The third-order valence-corrected chi connectivity index (χ3v) is 4.72. The van der Waals surface area contributed by atoms with E-state index in [-0.39, 0.29) is 11.8 Å². The number of hydrogen-bond donors (Lipinski definition) is 0. The Morgan fingerprint density at radius 2 is 1.93 bits per heavy atom. The predicted octanol–water partition coefficient (Wildman–Crippen LogP) is 4.79. The van der Waals surface area contributed by atoms with Gasteiger partial charge in [-0.3, -0.25) is 0 Å². The molecule has 142 valence electrons. The molecule has 0 unspecified atom stereocenters. The number of carbonyl (C=O) groups excluding carboxylic acids is 1. The van der Waals surface area contributed by atoms with Crippen LogP contribution in [0.4, 0.5) is 4.39 Å². The quantitative estimate of drug-likeness (QED) is 0.599. The van der Waals surface area contributed by atoms with Crippen molar-refractivity contribution in [2.45, 2.75) is 13.0 Å². The van der Waals surface area contributed by atoms with Crippen LogP contribution in [0.15, 0.2) is 60.7 Å². The molecule has 0 amide bonds. The molecule has 0 bridgehead atoms. The SMILES string of the molecule is COC(=O)c1cccc(COc2ccc(-c3ccc(F)c4c3OCC4)cc2)c1. The molecule has 0 fully saturated rings. The van der Waals surface area contributed by atoms with E-state index in [4.69, 9.17) is 14.2 Å². The van der Waals surface area contributed by atoms with Gasteiger partial charge in [0.15, 0.2) is 0 Å². The van der Waals surface area contributed by atoms with Gasteiger partial charge in [-0.15, -0.1) is 0 Å². The first kappa shape index (κ1) is 18.0. The Morgan fingerprint density at radius 1 is 1.11 bits per heavy atom. The van der Waals surface area contributed by atoms with E-state index in [1.54, 1.807) is 24.3 Å². The molecule has 1 aliphatic rings. The molecule has 0 N–H and O–H groups in total. The van der Waals surface area contributed by atoms with E-state index in [1.807, 2.05) is 30.3 Å². The van der Waals surface area contributed by atoms with Gasteiger partial charge in [0.05, 0.1) is 19.3 Å². The zero-order chi connectivity index (χ0) is 19.5. The lowest BCUT2D eigenvalue weighted by Crippen LogP contribution is -2.03. The van der Waals surface area contributed by atoms with Crippen LogP contribution in [0.5, 0.6) is 11.5 Å². The minimum absolute atomic E-state index is 0.217. The van der Waals surface area contributed by atoms with E-state index in [0.29, 0.717) is 42.3 Å². The standard InChI is InChI=1S/C23H19FO4/c1-26-23(25)17-4-2-3-15(13-17)14-28-18-7-5-16(6-8-18)19-9-10-21(24)20-11-12-27-22(19)20/h2-10,13H,11-12,14H2,1H3. The first-order chi connectivity index (χ1) is 13.7. The fourth-order valence-corrected chi connectivity index (χ4v) is 3.29. The van der Waals surface area contributed by atoms with Crippen LogP contribution in [0, 0.1) is 5.82 Å². The van der Waals surface area contributed by atoms with E-state index in [2.05, 4.69) is 0 Å². The first-order valence-corrected chi connectivity index (χ1v) is 9.00. The number of benzene rings is 3. The summed E-state index contributed by atoms with van der Waals surface area (Å²) in [4.78, 5) is 11.6. The zero-order valence-corrected chi connectivity index (χ0v) is 15.4. The molecule has 1 heterocycles. The van der Waals surface area contributed by atoms with Crippen LogP contribution in [-0.2, 0) is 17.8 Å². The molecule has 4 rings (SSSR count). The summed E-state index contributed by atoms with van der Waals surface area (Å²) in [5, 5.41) is 0.